The van der Waals surface area contributed by atoms with Crippen LogP contribution in [0.25, 0.3) is 22.0 Å². The van der Waals surface area contributed by atoms with Crippen LogP contribution in [0.2, 0.25) is 0 Å². The van der Waals surface area contributed by atoms with Crippen molar-refractivity contribution in [3.05, 3.63) is 94.8 Å². The van der Waals surface area contributed by atoms with Crippen molar-refractivity contribution in [2.45, 2.75) is 11.8 Å². The highest BCUT2D eigenvalue weighted by atomic mass is 32.2. The van der Waals surface area contributed by atoms with E-state index in [4.69, 9.17) is 0 Å². The van der Waals surface area contributed by atoms with E-state index < -0.39 is 15.6 Å². The summed E-state index contributed by atoms with van der Waals surface area (Å²) >= 11 is 0. The molecule has 0 saturated carbocycles. The Bertz CT molecular complexity index is 1310. The molecular formula is C22H18N2O3S. The summed E-state index contributed by atoms with van der Waals surface area (Å²) in [5.41, 5.74) is 2.49. The van der Waals surface area contributed by atoms with Crippen LogP contribution in [0.15, 0.2) is 88.6 Å². The molecule has 0 saturated heterocycles. The fourth-order valence-electron chi connectivity index (χ4n) is 3.20. The number of aromatic nitrogens is 1. The number of hydrogen-bond acceptors (Lipinski definition) is 3. The third kappa shape index (κ3) is 3.30. The van der Waals surface area contributed by atoms with Crippen LogP contribution in [0.1, 0.15) is 5.56 Å². The molecule has 1 heterocycles. The van der Waals surface area contributed by atoms with Crippen molar-refractivity contribution in [2.75, 3.05) is 4.72 Å². The van der Waals surface area contributed by atoms with Crippen molar-refractivity contribution >= 4 is 26.6 Å². The summed E-state index contributed by atoms with van der Waals surface area (Å²) in [5, 5.41) is 0.775. The zero-order valence-electron chi connectivity index (χ0n) is 15.1. The number of benzene rings is 3. The predicted octanol–water partition coefficient (Wildman–Crippen LogP) is 4.30. The molecule has 0 atom stereocenters. The molecule has 0 aliphatic carbocycles. The number of rotatable bonds is 4. The molecule has 0 aliphatic rings. The number of fused-ring (bicyclic) bond motifs is 1. The quantitative estimate of drug-likeness (QED) is 0.545. The van der Waals surface area contributed by atoms with Crippen LogP contribution in [0.5, 0.6) is 0 Å². The summed E-state index contributed by atoms with van der Waals surface area (Å²) in [6, 6.07) is 23.0. The normalized spacial score (nSPS) is 11.5. The number of aryl methyl sites for hydroxylation is 1. The van der Waals surface area contributed by atoms with Gasteiger partial charge in [-0.2, -0.15) is 0 Å². The standard InChI is InChI=1S/C22H18N2O3S/c1-15-12-13-19-18(14-15)20(16-8-4-2-5-9-16)21(22(25)23-19)24-28(26,27)17-10-6-3-7-11-17/h2-14,24H,1H3,(H,23,25). The molecule has 0 unspecified atom stereocenters. The van der Waals surface area contributed by atoms with E-state index in [0.717, 1.165) is 16.5 Å². The molecule has 28 heavy (non-hydrogen) atoms. The average molecular weight is 390 g/mol. The monoisotopic (exact) mass is 390 g/mol. The lowest BCUT2D eigenvalue weighted by Crippen LogP contribution is -2.21. The smallest absolute Gasteiger partial charge is 0.273 e. The Kier molecular flexibility index (Phi) is 4.49. The summed E-state index contributed by atoms with van der Waals surface area (Å²) in [7, 11) is -3.92. The molecule has 3 aromatic carbocycles. The highest BCUT2D eigenvalue weighted by Gasteiger charge is 2.21. The minimum Gasteiger partial charge on any atom is -0.320 e. The van der Waals surface area contributed by atoms with Crippen molar-refractivity contribution in [2.24, 2.45) is 0 Å². The van der Waals surface area contributed by atoms with Gasteiger partial charge < -0.3 is 4.98 Å². The van der Waals surface area contributed by atoms with E-state index in [9.17, 15) is 13.2 Å². The Morgan fingerprint density at radius 1 is 0.857 bits per heavy atom. The number of sulfonamides is 1. The lowest BCUT2D eigenvalue weighted by molar-refractivity contribution is 0.601. The highest BCUT2D eigenvalue weighted by Crippen LogP contribution is 2.33. The maximum atomic E-state index is 12.9. The molecule has 1 aromatic heterocycles. The van der Waals surface area contributed by atoms with Crippen LogP contribution in [0, 0.1) is 6.92 Å². The van der Waals surface area contributed by atoms with Crippen LogP contribution in [-0.4, -0.2) is 13.4 Å². The molecule has 0 spiro atoms. The van der Waals surface area contributed by atoms with Gasteiger partial charge in [-0.15, -0.1) is 0 Å². The van der Waals surface area contributed by atoms with Gasteiger partial charge in [0, 0.05) is 16.5 Å². The van der Waals surface area contributed by atoms with Gasteiger partial charge in [0.05, 0.1) is 4.90 Å². The molecule has 6 heteroatoms. The SMILES string of the molecule is Cc1ccc2[nH]c(=O)c(NS(=O)(=O)c3ccccc3)c(-c3ccccc3)c2c1. The third-order valence-electron chi connectivity index (χ3n) is 4.52. The summed E-state index contributed by atoms with van der Waals surface area (Å²) < 4.78 is 28.3. The van der Waals surface area contributed by atoms with Crippen molar-refractivity contribution in [1.29, 1.82) is 0 Å². The second kappa shape index (κ2) is 6.98. The lowest BCUT2D eigenvalue weighted by Gasteiger charge is -2.15. The molecule has 0 amide bonds. The van der Waals surface area contributed by atoms with Gasteiger partial charge in [-0.3, -0.25) is 9.52 Å². The van der Waals surface area contributed by atoms with Gasteiger partial charge >= 0.3 is 0 Å². The van der Waals surface area contributed by atoms with E-state index in [1.54, 1.807) is 18.2 Å². The van der Waals surface area contributed by atoms with E-state index >= 15 is 0 Å². The van der Waals surface area contributed by atoms with Crippen LogP contribution >= 0.6 is 0 Å². The first-order chi connectivity index (χ1) is 13.5. The summed E-state index contributed by atoms with van der Waals surface area (Å²) in [4.78, 5) is 15.7. The fraction of sp³-hybridized carbons (Fsp3) is 0.0455. The maximum Gasteiger partial charge on any atom is 0.273 e. The predicted molar refractivity (Wildman–Crippen MR) is 112 cm³/mol. The first-order valence-electron chi connectivity index (χ1n) is 8.76. The Morgan fingerprint density at radius 2 is 1.50 bits per heavy atom. The first kappa shape index (κ1) is 18.0. The molecule has 5 nitrogen and oxygen atoms in total. The Morgan fingerprint density at radius 3 is 2.18 bits per heavy atom. The van der Waals surface area contributed by atoms with Crippen molar-refractivity contribution in [3.8, 4) is 11.1 Å². The largest absolute Gasteiger partial charge is 0.320 e. The van der Waals surface area contributed by atoms with Crippen molar-refractivity contribution in [1.82, 2.24) is 4.98 Å². The van der Waals surface area contributed by atoms with Gasteiger partial charge in [-0.05, 0) is 36.8 Å². The van der Waals surface area contributed by atoms with Crippen molar-refractivity contribution < 1.29 is 8.42 Å². The van der Waals surface area contributed by atoms with Crippen molar-refractivity contribution in [3.63, 3.8) is 0 Å². The van der Waals surface area contributed by atoms with E-state index in [1.165, 1.54) is 12.1 Å². The third-order valence-corrected chi connectivity index (χ3v) is 5.89. The van der Waals surface area contributed by atoms with Gasteiger partial charge in [0.2, 0.25) is 0 Å². The van der Waals surface area contributed by atoms with Crippen LogP contribution < -0.4 is 10.3 Å². The molecule has 2 N–H and O–H groups in total. The molecular weight excluding hydrogens is 372 g/mol. The summed E-state index contributed by atoms with van der Waals surface area (Å²) in [5.74, 6) is 0. The van der Waals surface area contributed by atoms with Crippen LogP contribution in [-0.2, 0) is 10.0 Å². The minimum absolute atomic E-state index is 0.00755. The molecule has 4 aromatic rings. The van der Waals surface area contributed by atoms with E-state index in [1.807, 2.05) is 55.5 Å². The van der Waals surface area contributed by atoms with E-state index in [2.05, 4.69) is 9.71 Å². The summed E-state index contributed by atoms with van der Waals surface area (Å²) in [6.45, 7) is 1.95. The van der Waals surface area contributed by atoms with E-state index in [-0.39, 0.29) is 10.6 Å². The molecule has 140 valence electrons. The second-order valence-corrected chi connectivity index (χ2v) is 8.22. The number of H-pyrrole nitrogens is 1. The number of hydrogen-bond donors (Lipinski definition) is 2. The molecule has 0 bridgehead atoms. The Balaban J connectivity index is 2.01. The van der Waals surface area contributed by atoms with Gasteiger partial charge in [-0.1, -0.05) is 60.2 Å². The number of nitrogens with one attached hydrogen (secondary N) is 2. The van der Waals surface area contributed by atoms with Gasteiger partial charge in [0.25, 0.3) is 15.6 Å². The topological polar surface area (TPSA) is 79.0 Å². The van der Waals surface area contributed by atoms with Gasteiger partial charge in [0.15, 0.2) is 0 Å². The maximum absolute atomic E-state index is 12.9. The number of anilines is 1. The Labute approximate surface area is 162 Å². The van der Waals surface area contributed by atoms with Crippen LogP contribution in [0.4, 0.5) is 5.69 Å². The number of aromatic amines is 1. The zero-order valence-corrected chi connectivity index (χ0v) is 16.0. The van der Waals surface area contributed by atoms with Crippen LogP contribution in [0.3, 0.4) is 0 Å². The molecule has 4 rings (SSSR count). The highest BCUT2D eigenvalue weighted by molar-refractivity contribution is 7.92. The fourth-order valence-corrected chi connectivity index (χ4v) is 4.30. The molecule has 0 aliphatic heterocycles. The average Bonchev–Trinajstić information content (AvgIpc) is 2.70. The molecule has 0 fully saturated rings. The lowest BCUT2D eigenvalue weighted by atomic mass is 9.98. The van der Waals surface area contributed by atoms with E-state index in [0.29, 0.717) is 11.1 Å². The minimum atomic E-state index is -3.92. The molecule has 0 radical (unpaired) electrons. The first-order valence-corrected chi connectivity index (χ1v) is 10.2. The van der Waals surface area contributed by atoms with Gasteiger partial charge in [0.1, 0.15) is 5.69 Å². The number of pyridine rings is 1. The summed E-state index contributed by atoms with van der Waals surface area (Å²) in [6.07, 6.45) is 0. The second-order valence-electron chi connectivity index (χ2n) is 6.54. The van der Waals surface area contributed by atoms with Gasteiger partial charge in [-0.25, -0.2) is 8.42 Å². The zero-order chi connectivity index (χ0) is 19.7. The Hall–Kier alpha value is -3.38.